The summed E-state index contributed by atoms with van der Waals surface area (Å²) in [7, 11) is 1.84. The zero-order valence-electron chi connectivity index (χ0n) is 20.6. The molecular weight excluding hydrogens is 498 g/mol. The standard InChI is InChI=1S/C29H23N5O3S/c1-19-27(28(36)34(32(19)2)22-11-4-3-5-12-22)31-29-33(30-17-20-9-8-13-23(35)15-20)24(18-38-29)26-16-21-10-6-7-14-25(21)37-26/h3-18,35H,1-2H3. The van der Waals surface area contributed by atoms with Crippen molar-refractivity contribution in [2.24, 2.45) is 17.1 Å². The Morgan fingerprint density at radius 2 is 1.76 bits per heavy atom. The van der Waals surface area contributed by atoms with E-state index in [2.05, 4.69) is 5.10 Å². The minimum absolute atomic E-state index is 0.146. The quantitative estimate of drug-likeness (QED) is 0.300. The molecule has 188 valence electrons. The van der Waals surface area contributed by atoms with Crippen molar-refractivity contribution < 1.29 is 9.52 Å². The Hall–Kier alpha value is -4.89. The predicted molar refractivity (Wildman–Crippen MR) is 150 cm³/mol. The number of fused-ring (bicyclic) bond motifs is 1. The number of thiazole rings is 1. The third kappa shape index (κ3) is 4.18. The van der Waals surface area contributed by atoms with Crippen molar-refractivity contribution >= 4 is 34.2 Å². The maximum absolute atomic E-state index is 13.5. The molecule has 0 amide bonds. The van der Waals surface area contributed by atoms with Crippen LogP contribution in [-0.4, -0.2) is 25.4 Å². The number of furan rings is 1. The fourth-order valence-corrected chi connectivity index (χ4v) is 5.10. The Bertz CT molecular complexity index is 1900. The number of hydrogen-bond donors (Lipinski definition) is 1. The van der Waals surface area contributed by atoms with Gasteiger partial charge in [-0.05, 0) is 48.9 Å². The van der Waals surface area contributed by atoms with Crippen LogP contribution in [0, 0.1) is 6.92 Å². The first kappa shape index (κ1) is 23.5. The molecule has 0 fully saturated rings. The maximum atomic E-state index is 13.5. The molecule has 3 heterocycles. The van der Waals surface area contributed by atoms with Crippen molar-refractivity contribution in [2.45, 2.75) is 6.92 Å². The van der Waals surface area contributed by atoms with E-state index in [-0.39, 0.29) is 11.3 Å². The summed E-state index contributed by atoms with van der Waals surface area (Å²) in [6.07, 6.45) is 1.64. The van der Waals surface area contributed by atoms with E-state index in [1.807, 2.05) is 86.1 Å². The second-order valence-electron chi connectivity index (χ2n) is 8.73. The van der Waals surface area contributed by atoms with Gasteiger partial charge in [-0.15, -0.1) is 11.3 Å². The van der Waals surface area contributed by atoms with Crippen molar-refractivity contribution in [1.29, 1.82) is 0 Å². The lowest BCUT2D eigenvalue weighted by molar-refractivity contribution is 0.475. The van der Waals surface area contributed by atoms with Crippen LogP contribution in [0.25, 0.3) is 28.1 Å². The first-order chi connectivity index (χ1) is 18.5. The van der Waals surface area contributed by atoms with Gasteiger partial charge in [0.05, 0.1) is 17.6 Å². The van der Waals surface area contributed by atoms with Crippen LogP contribution in [0.3, 0.4) is 0 Å². The van der Waals surface area contributed by atoms with Gasteiger partial charge < -0.3 is 9.52 Å². The van der Waals surface area contributed by atoms with Crippen LogP contribution in [0.2, 0.25) is 0 Å². The molecule has 9 heteroatoms. The van der Waals surface area contributed by atoms with Crippen LogP contribution in [0.4, 0.5) is 5.69 Å². The number of rotatable bonds is 5. The number of phenols is 1. The van der Waals surface area contributed by atoms with E-state index in [1.54, 1.807) is 38.5 Å². The summed E-state index contributed by atoms with van der Waals surface area (Å²) in [4.78, 5) is 18.8. The Balaban J connectivity index is 1.54. The highest BCUT2D eigenvalue weighted by molar-refractivity contribution is 7.07. The molecular formula is C29H23N5O3S. The molecule has 0 saturated heterocycles. The predicted octanol–water partition coefficient (Wildman–Crippen LogP) is 5.58. The largest absolute Gasteiger partial charge is 0.508 e. The topological polar surface area (TPSA) is 90.0 Å². The molecule has 8 nitrogen and oxygen atoms in total. The molecule has 0 unspecified atom stereocenters. The van der Waals surface area contributed by atoms with Gasteiger partial charge in [-0.1, -0.05) is 48.5 Å². The number of aromatic nitrogens is 3. The molecule has 38 heavy (non-hydrogen) atoms. The van der Waals surface area contributed by atoms with E-state index >= 15 is 0 Å². The zero-order chi connectivity index (χ0) is 26.2. The molecule has 0 radical (unpaired) electrons. The van der Waals surface area contributed by atoms with Gasteiger partial charge in [0.15, 0.2) is 11.4 Å². The number of para-hydroxylation sites is 2. The van der Waals surface area contributed by atoms with E-state index in [0.717, 1.165) is 22.4 Å². The SMILES string of the molecule is Cc1c(N=c2scc(-c3cc4ccccc4o3)n2N=Cc2cccc(O)c2)c(=O)n(-c2ccccc2)n1C. The molecule has 0 bridgehead atoms. The third-order valence-electron chi connectivity index (χ3n) is 6.29. The first-order valence-electron chi connectivity index (χ1n) is 11.9. The number of aromatic hydroxyl groups is 1. The molecule has 0 atom stereocenters. The van der Waals surface area contributed by atoms with Crippen LogP contribution in [0.15, 0.2) is 110 Å². The number of hydrogen-bond acceptors (Lipinski definition) is 6. The minimum Gasteiger partial charge on any atom is -0.508 e. The van der Waals surface area contributed by atoms with Gasteiger partial charge in [-0.3, -0.25) is 9.48 Å². The Labute approximate surface area is 221 Å². The smallest absolute Gasteiger partial charge is 0.297 e. The summed E-state index contributed by atoms with van der Waals surface area (Å²) in [6, 6.07) is 26.0. The van der Waals surface area contributed by atoms with Crippen LogP contribution >= 0.6 is 11.3 Å². The second-order valence-corrected chi connectivity index (χ2v) is 9.56. The molecule has 6 rings (SSSR count). The van der Waals surface area contributed by atoms with Gasteiger partial charge in [0.1, 0.15) is 17.0 Å². The summed E-state index contributed by atoms with van der Waals surface area (Å²) in [5.74, 6) is 0.775. The van der Waals surface area contributed by atoms with Gasteiger partial charge in [0.2, 0.25) is 4.80 Å². The zero-order valence-corrected chi connectivity index (χ0v) is 21.5. The van der Waals surface area contributed by atoms with Gasteiger partial charge in [0, 0.05) is 17.8 Å². The summed E-state index contributed by atoms with van der Waals surface area (Å²) >= 11 is 1.36. The molecule has 0 aliphatic rings. The monoisotopic (exact) mass is 521 g/mol. The van der Waals surface area contributed by atoms with Crippen LogP contribution in [-0.2, 0) is 7.05 Å². The molecule has 0 saturated carbocycles. The lowest BCUT2D eigenvalue weighted by Gasteiger charge is -2.07. The fourth-order valence-electron chi connectivity index (χ4n) is 4.28. The normalized spacial score (nSPS) is 12.2. The maximum Gasteiger partial charge on any atom is 0.297 e. The molecule has 0 spiro atoms. The second kappa shape index (κ2) is 9.53. The first-order valence-corrected chi connectivity index (χ1v) is 12.8. The lowest BCUT2D eigenvalue weighted by Crippen LogP contribution is -2.19. The van der Waals surface area contributed by atoms with Gasteiger partial charge in [0.25, 0.3) is 5.56 Å². The minimum atomic E-state index is -0.224. The highest BCUT2D eigenvalue weighted by Crippen LogP contribution is 2.28. The van der Waals surface area contributed by atoms with E-state index in [4.69, 9.17) is 9.41 Å². The van der Waals surface area contributed by atoms with Crippen molar-refractivity contribution in [3.8, 4) is 22.9 Å². The number of phenolic OH excluding ortho intramolecular Hbond substituents is 1. The molecule has 1 N–H and O–H groups in total. The molecule has 0 aliphatic carbocycles. The van der Waals surface area contributed by atoms with Gasteiger partial charge in [-0.25, -0.2) is 14.4 Å². The van der Waals surface area contributed by atoms with Crippen LogP contribution < -0.4 is 10.4 Å². The Morgan fingerprint density at radius 1 is 0.974 bits per heavy atom. The van der Waals surface area contributed by atoms with Crippen LogP contribution in [0.1, 0.15) is 11.3 Å². The van der Waals surface area contributed by atoms with Crippen molar-refractivity contribution in [1.82, 2.24) is 14.0 Å². The highest BCUT2D eigenvalue weighted by Gasteiger charge is 2.18. The lowest BCUT2D eigenvalue weighted by atomic mass is 10.2. The van der Waals surface area contributed by atoms with E-state index < -0.39 is 0 Å². The summed E-state index contributed by atoms with van der Waals surface area (Å²) in [5, 5.41) is 17.4. The average Bonchev–Trinajstić information content (AvgIpc) is 3.59. The fraction of sp³-hybridized carbons (Fsp3) is 0.0690. The molecule has 3 aromatic carbocycles. The number of benzene rings is 3. The third-order valence-corrected chi connectivity index (χ3v) is 7.10. The summed E-state index contributed by atoms with van der Waals surface area (Å²) in [6.45, 7) is 1.87. The van der Waals surface area contributed by atoms with E-state index in [1.165, 1.54) is 11.3 Å². The van der Waals surface area contributed by atoms with Crippen molar-refractivity contribution in [2.75, 3.05) is 0 Å². The van der Waals surface area contributed by atoms with Crippen LogP contribution in [0.5, 0.6) is 5.75 Å². The highest BCUT2D eigenvalue weighted by atomic mass is 32.1. The number of nitrogens with zero attached hydrogens (tertiary/aromatic N) is 5. The van der Waals surface area contributed by atoms with Gasteiger partial charge in [-0.2, -0.15) is 5.10 Å². The Morgan fingerprint density at radius 3 is 2.55 bits per heavy atom. The molecule has 3 aromatic heterocycles. The van der Waals surface area contributed by atoms with Crippen molar-refractivity contribution in [3.05, 3.63) is 117 Å². The summed E-state index contributed by atoms with van der Waals surface area (Å²) in [5.41, 5.74) is 3.76. The summed E-state index contributed by atoms with van der Waals surface area (Å²) < 4.78 is 11.2. The van der Waals surface area contributed by atoms with E-state index in [9.17, 15) is 9.90 Å². The molecule has 0 aliphatic heterocycles. The van der Waals surface area contributed by atoms with E-state index in [0.29, 0.717) is 27.5 Å². The molecule has 6 aromatic rings. The van der Waals surface area contributed by atoms with Crippen molar-refractivity contribution in [3.63, 3.8) is 0 Å². The Kier molecular flexibility index (Phi) is 5.89. The average molecular weight is 522 g/mol. The van der Waals surface area contributed by atoms with Gasteiger partial charge >= 0.3 is 0 Å².